The van der Waals surface area contributed by atoms with Gasteiger partial charge in [0.05, 0.1) is 13.2 Å². The van der Waals surface area contributed by atoms with Gasteiger partial charge in [0.2, 0.25) is 0 Å². The smallest absolute Gasteiger partial charge is 0.172 e. The molecule has 1 heterocycles. The third-order valence-corrected chi connectivity index (χ3v) is 8.44. The third kappa shape index (κ3) is 3.11. The van der Waals surface area contributed by atoms with Gasteiger partial charge in [0, 0.05) is 18.3 Å². The minimum absolute atomic E-state index is 0.0766. The molecule has 1 N–H and O–H groups in total. The molecule has 0 amide bonds. The molecule has 2 fully saturated rings. The minimum atomic E-state index is -0.857. The Morgan fingerprint density at radius 3 is 2.62 bits per heavy atom. The van der Waals surface area contributed by atoms with Gasteiger partial charge in [0.1, 0.15) is 29.1 Å². The van der Waals surface area contributed by atoms with Crippen LogP contribution < -0.4 is 0 Å². The molecule has 0 aromatic heterocycles. The fourth-order valence-electron chi connectivity index (χ4n) is 6.80. The van der Waals surface area contributed by atoms with Crippen LogP contribution >= 0.6 is 0 Å². The van der Waals surface area contributed by atoms with Gasteiger partial charge in [-0.2, -0.15) is 0 Å². The second kappa shape index (κ2) is 6.55. The van der Waals surface area contributed by atoms with Crippen molar-refractivity contribution in [2.75, 3.05) is 13.2 Å². The second-order valence-corrected chi connectivity index (χ2v) is 11.3. The Bertz CT molecular complexity index is 840. The third-order valence-electron chi connectivity index (χ3n) is 8.44. The summed E-state index contributed by atoms with van der Waals surface area (Å²) in [6.45, 7) is 3.78. The normalized spacial score (nSPS) is 40.6. The minimum Gasteiger partial charge on any atom is -0.377 e. The molecule has 1 spiro atoms. The lowest BCUT2D eigenvalue weighted by atomic mass is 9.43. The van der Waals surface area contributed by atoms with Crippen LogP contribution in [0.4, 0.5) is 0 Å². The highest BCUT2D eigenvalue weighted by molar-refractivity contribution is 6.61. The van der Waals surface area contributed by atoms with Gasteiger partial charge < -0.3 is 14.6 Å². The standard InChI is InChI=1S/C23H33B3O3/c1-20-7-4-17-16-5-9-22(28-12-13-29-22)14-15(16)2-3-18(17)19(20)6-8-21(20,27)10-11-23(24,25)26/h4,18-19,27H,2-3,5-9,12-14,24-26H2,1H3/t18-,19+,20+,21-/m1/s1. The van der Waals surface area contributed by atoms with Crippen LogP contribution in [0.1, 0.15) is 58.3 Å². The highest BCUT2D eigenvalue weighted by Gasteiger charge is 2.60. The Morgan fingerprint density at radius 2 is 1.90 bits per heavy atom. The Kier molecular flexibility index (Phi) is 4.53. The molecule has 1 saturated heterocycles. The number of fused-ring (bicyclic) bond motifs is 4. The maximum Gasteiger partial charge on any atom is 0.172 e. The van der Waals surface area contributed by atoms with Crippen LogP contribution in [-0.4, -0.2) is 53.2 Å². The monoisotopic (exact) mass is 390 g/mol. The van der Waals surface area contributed by atoms with Crippen LogP contribution in [0.25, 0.3) is 0 Å². The Hall–Kier alpha value is -0.885. The van der Waals surface area contributed by atoms with Crippen molar-refractivity contribution in [3.05, 3.63) is 22.8 Å². The maximum absolute atomic E-state index is 11.6. The first-order chi connectivity index (χ1) is 13.6. The topological polar surface area (TPSA) is 38.7 Å². The Labute approximate surface area is 178 Å². The van der Waals surface area contributed by atoms with Gasteiger partial charge in [0.15, 0.2) is 5.79 Å². The molecule has 6 heteroatoms. The first-order valence-electron chi connectivity index (χ1n) is 11.6. The second-order valence-electron chi connectivity index (χ2n) is 11.3. The van der Waals surface area contributed by atoms with Gasteiger partial charge in [0.25, 0.3) is 0 Å². The molecular weight excluding hydrogens is 357 g/mol. The van der Waals surface area contributed by atoms with E-state index in [2.05, 4.69) is 48.4 Å². The maximum atomic E-state index is 11.6. The summed E-state index contributed by atoms with van der Waals surface area (Å²) in [7, 11) is 6.37. The van der Waals surface area contributed by atoms with Crippen molar-refractivity contribution in [2.24, 2.45) is 17.3 Å². The summed E-state index contributed by atoms with van der Waals surface area (Å²) in [6.07, 6.45) is 10.7. The molecule has 29 heavy (non-hydrogen) atoms. The van der Waals surface area contributed by atoms with Crippen LogP contribution in [0.3, 0.4) is 0 Å². The molecule has 0 aromatic rings. The van der Waals surface area contributed by atoms with E-state index in [-0.39, 0.29) is 16.3 Å². The molecule has 152 valence electrons. The highest BCUT2D eigenvalue weighted by Crippen LogP contribution is 2.62. The van der Waals surface area contributed by atoms with E-state index in [0.29, 0.717) is 11.8 Å². The molecule has 4 aliphatic carbocycles. The zero-order valence-corrected chi connectivity index (χ0v) is 18.6. The SMILES string of the molecule is BC(B)(B)C#C[C@]1(O)CC[C@H]2[C@@H]3CCC4=C(CCC5(C4)OCCO5)C3=CC[C@@]21C. The Morgan fingerprint density at radius 1 is 1.14 bits per heavy atom. The van der Waals surface area contributed by atoms with E-state index in [0.717, 1.165) is 58.2 Å². The number of rotatable bonds is 0. The van der Waals surface area contributed by atoms with Crippen LogP contribution in [-0.2, 0) is 9.47 Å². The lowest BCUT2D eigenvalue weighted by molar-refractivity contribution is -0.164. The average Bonchev–Trinajstić information content (AvgIpc) is 3.22. The summed E-state index contributed by atoms with van der Waals surface area (Å²) >= 11 is 0. The molecule has 4 atom stereocenters. The molecule has 5 aliphatic rings. The Balaban J connectivity index is 1.45. The highest BCUT2D eigenvalue weighted by atomic mass is 16.7. The number of ether oxygens (including phenoxy) is 2. The van der Waals surface area contributed by atoms with Crippen molar-refractivity contribution < 1.29 is 14.6 Å². The molecule has 3 nitrogen and oxygen atoms in total. The van der Waals surface area contributed by atoms with E-state index in [9.17, 15) is 5.11 Å². The van der Waals surface area contributed by atoms with Crippen LogP contribution in [0.15, 0.2) is 22.8 Å². The molecule has 0 radical (unpaired) electrons. The van der Waals surface area contributed by atoms with E-state index in [1.54, 1.807) is 16.7 Å². The van der Waals surface area contributed by atoms with Crippen molar-refractivity contribution in [2.45, 2.75) is 74.8 Å². The van der Waals surface area contributed by atoms with E-state index in [4.69, 9.17) is 9.47 Å². The first-order valence-corrected chi connectivity index (χ1v) is 11.6. The van der Waals surface area contributed by atoms with E-state index < -0.39 is 5.60 Å². The van der Waals surface area contributed by atoms with Gasteiger partial charge in [-0.3, -0.25) is 0 Å². The van der Waals surface area contributed by atoms with Crippen molar-refractivity contribution in [3.8, 4) is 11.8 Å². The summed E-state index contributed by atoms with van der Waals surface area (Å²) in [4.78, 5) is 0. The van der Waals surface area contributed by atoms with Crippen molar-refractivity contribution >= 4 is 23.5 Å². The van der Waals surface area contributed by atoms with Gasteiger partial charge >= 0.3 is 0 Å². The summed E-state index contributed by atoms with van der Waals surface area (Å²) in [5.74, 6) is 7.49. The number of hydrogen-bond donors (Lipinski definition) is 1. The summed E-state index contributed by atoms with van der Waals surface area (Å²) < 4.78 is 12.0. The molecule has 1 saturated carbocycles. The van der Waals surface area contributed by atoms with Crippen LogP contribution in [0.2, 0.25) is 5.11 Å². The van der Waals surface area contributed by atoms with E-state index in [1.807, 2.05) is 0 Å². The quantitative estimate of drug-likeness (QED) is 0.497. The van der Waals surface area contributed by atoms with Crippen molar-refractivity contribution in [1.29, 1.82) is 0 Å². The summed E-state index contributed by atoms with van der Waals surface area (Å²) in [6, 6.07) is 0. The van der Waals surface area contributed by atoms with Crippen LogP contribution in [0.5, 0.6) is 0 Å². The van der Waals surface area contributed by atoms with Gasteiger partial charge in [-0.15, -0.1) is 5.92 Å². The van der Waals surface area contributed by atoms with Crippen molar-refractivity contribution in [1.82, 2.24) is 0 Å². The number of allylic oxidation sites excluding steroid dienone is 3. The largest absolute Gasteiger partial charge is 0.377 e. The van der Waals surface area contributed by atoms with Gasteiger partial charge in [-0.25, -0.2) is 0 Å². The molecule has 0 unspecified atom stereocenters. The summed E-state index contributed by atoms with van der Waals surface area (Å²) in [5.41, 5.74) is 3.78. The molecule has 0 aromatic carbocycles. The zero-order chi connectivity index (χ0) is 20.5. The molecule has 0 bridgehead atoms. The fourth-order valence-corrected chi connectivity index (χ4v) is 6.80. The number of aliphatic hydroxyl groups is 1. The lowest BCUT2D eigenvalue weighted by Crippen LogP contribution is -2.48. The van der Waals surface area contributed by atoms with Crippen molar-refractivity contribution in [3.63, 3.8) is 0 Å². The van der Waals surface area contributed by atoms with E-state index in [1.165, 1.54) is 6.42 Å². The average molecular weight is 390 g/mol. The van der Waals surface area contributed by atoms with E-state index >= 15 is 0 Å². The first kappa shape index (κ1) is 20.0. The summed E-state index contributed by atoms with van der Waals surface area (Å²) in [5, 5.41) is 11.5. The van der Waals surface area contributed by atoms with Crippen LogP contribution in [0, 0.1) is 29.1 Å². The molecular formula is C23H33B3O3. The zero-order valence-electron chi connectivity index (χ0n) is 18.6. The lowest BCUT2D eigenvalue weighted by Gasteiger charge is -2.50. The predicted octanol–water partition coefficient (Wildman–Crippen LogP) is 1.07. The molecule has 5 rings (SSSR count). The van der Waals surface area contributed by atoms with Gasteiger partial charge in [-0.05, 0) is 61.5 Å². The molecule has 1 aliphatic heterocycles. The number of hydrogen-bond acceptors (Lipinski definition) is 3. The predicted molar refractivity (Wildman–Crippen MR) is 123 cm³/mol. The fraction of sp³-hybridized carbons (Fsp3) is 0.739. The van der Waals surface area contributed by atoms with Gasteiger partial charge in [-0.1, -0.05) is 29.6 Å².